The molecule has 1 aliphatic heterocycles. The Bertz CT molecular complexity index is 569. The lowest BCUT2D eigenvalue weighted by molar-refractivity contribution is 0.0954. The molecule has 0 amide bonds. The molecule has 4 nitrogen and oxygen atoms in total. The number of carbonyl (C=O) groups is 1. The van der Waals surface area contributed by atoms with Crippen molar-refractivity contribution in [2.24, 2.45) is 0 Å². The number of rotatable bonds is 2. The van der Waals surface area contributed by atoms with Crippen LogP contribution in [0.2, 0.25) is 0 Å². The number of phenolic OH excluding ortho intramolecular Hbond substituents is 1. The summed E-state index contributed by atoms with van der Waals surface area (Å²) >= 11 is 0. The van der Waals surface area contributed by atoms with Gasteiger partial charge >= 0.3 is 0 Å². The molecule has 2 aromatic rings. The van der Waals surface area contributed by atoms with Crippen LogP contribution in [0.15, 0.2) is 24.4 Å². The number of hydrogen-bond acceptors (Lipinski definition) is 3. The number of phenols is 1. The summed E-state index contributed by atoms with van der Waals surface area (Å²) in [4.78, 5) is 15.3. The van der Waals surface area contributed by atoms with E-state index in [1.54, 1.807) is 18.3 Å². The fourth-order valence-corrected chi connectivity index (χ4v) is 2.46. The van der Waals surface area contributed by atoms with Crippen molar-refractivity contribution in [3.8, 4) is 5.75 Å². The molecule has 1 atom stereocenters. The Balaban J connectivity index is 0.000000637. The number of H-pyrrole nitrogens is 1. The molecule has 0 saturated carbocycles. The maximum Gasteiger partial charge on any atom is 0.182 e. The largest absolute Gasteiger partial charge is 0.507 e. The molecule has 3 rings (SSSR count). The van der Waals surface area contributed by atoms with E-state index in [-0.39, 0.29) is 17.6 Å². The minimum absolute atomic E-state index is 0.0650. The van der Waals surface area contributed by atoms with E-state index in [2.05, 4.69) is 10.3 Å². The molecule has 4 heteroatoms. The van der Waals surface area contributed by atoms with Gasteiger partial charge in [0.15, 0.2) is 5.78 Å². The second kappa shape index (κ2) is 5.89. The van der Waals surface area contributed by atoms with E-state index in [1.807, 2.05) is 19.9 Å². The van der Waals surface area contributed by atoms with Gasteiger partial charge in [-0.05, 0) is 31.5 Å². The molecule has 0 spiro atoms. The third kappa shape index (κ3) is 2.49. The Morgan fingerprint density at radius 2 is 2.16 bits per heavy atom. The molecular formula is C15H20N2O2. The lowest BCUT2D eigenvalue weighted by Crippen LogP contribution is -2.30. The normalized spacial score (nSPS) is 18.1. The first kappa shape index (κ1) is 13.6. The number of benzene rings is 1. The average molecular weight is 260 g/mol. The van der Waals surface area contributed by atoms with Gasteiger partial charge in [-0.25, -0.2) is 0 Å². The Labute approximate surface area is 112 Å². The Morgan fingerprint density at radius 3 is 2.84 bits per heavy atom. The summed E-state index contributed by atoms with van der Waals surface area (Å²) in [7, 11) is 0. The van der Waals surface area contributed by atoms with E-state index in [0.717, 1.165) is 24.9 Å². The first-order valence-electron chi connectivity index (χ1n) is 6.84. The smallest absolute Gasteiger partial charge is 0.182 e. The summed E-state index contributed by atoms with van der Waals surface area (Å²) in [5, 5.41) is 13.7. The standard InChI is InChI=1S/C13H14N2O2.C2H6/c16-11-5-1-3-9-12(11)8(7-15-9)13(17)10-4-2-6-14-10;1-2/h1,3,5,7,10,14-16H,2,4,6H2;1-2H3. The van der Waals surface area contributed by atoms with E-state index in [4.69, 9.17) is 0 Å². The van der Waals surface area contributed by atoms with Crippen LogP contribution in [0.4, 0.5) is 0 Å². The van der Waals surface area contributed by atoms with Crippen LogP contribution in [0.3, 0.4) is 0 Å². The summed E-state index contributed by atoms with van der Waals surface area (Å²) in [6.45, 7) is 4.89. The quantitative estimate of drug-likeness (QED) is 0.727. The van der Waals surface area contributed by atoms with Gasteiger partial charge in [0.1, 0.15) is 5.75 Å². The lowest BCUT2D eigenvalue weighted by atomic mass is 10.0. The summed E-state index contributed by atoms with van der Waals surface area (Å²) in [5.74, 6) is 0.223. The zero-order valence-electron chi connectivity index (χ0n) is 11.4. The molecule has 102 valence electrons. The van der Waals surface area contributed by atoms with E-state index >= 15 is 0 Å². The van der Waals surface area contributed by atoms with Crippen molar-refractivity contribution in [3.63, 3.8) is 0 Å². The van der Waals surface area contributed by atoms with E-state index in [9.17, 15) is 9.90 Å². The van der Waals surface area contributed by atoms with Crippen LogP contribution >= 0.6 is 0 Å². The third-order valence-corrected chi connectivity index (χ3v) is 3.33. The highest BCUT2D eigenvalue weighted by molar-refractivity contribution is 6.12. The molecule has 0 radical (unpaired) electrons. The van der Waals surface area contributed by atoms with Crippen LogP contribution in [-0.4, -0.2) is 28.5 Å². The zero-order chi connectivity index (χ0) is 13.8. The predicted octanol–water partition coefficient (Wildman–Crippen LogP) is 2.83. The minimum Gasteiger partial charge on any atom is -0.507 e. The summed E-state index contributed by atoms with van der Waals surface area (Å²) in [5.41, 5.74) is 1.38. The predicted molar refractivity (Wildman–Crippen MR) is 76.7 cm³/mol. The van der Waals surface area contributed by atoms with Crippen molar-refractivity contribution in [3.05, 3.63) is 30.0 Å². The van der Waals surface area contributed by atoms with E-state index in [1.165, 1.54) is 0 Å². The van der Waals surface area contributed by atoms with Crippen molar-refractivity contribution in [1.82, 2.24) is 10.3 Å². The number of nitrogens with one attached hydrogen (secondary N) is 2. The molecule has 1 saturated heterocycles. The van der Waals surface area contributed by atoms with Crippen molar-refractivity contribution in [2.45, 2.75) is 32.7 Å². The number of fused-ring (bicyclic) bond motifs is 1. The molecule has 1 aromatic carbocycles. The van der Waals surface area contributed by atoms with Gasteiger partial charge in [-0.2, -0.15) is 0 Å². The number of carbonyl (C=O) groups excluding carboxylic acids is 1. The monoisotopic (exact) mass is 260 g/mol. The molecule has 1 aliphatic rings. The highest BCUT2D eigenvalue weighted by Crippen LogP contribution is 2.29. The van der Waals surface area contributed by atoms with E-state index < -0.39 is 0 Å². The number of ketones is 1. The first-order chi connectivity index (χ1) is 9.27. The van der Waals surface area contributed by atoms with Crippen molar-refractivity contribution >= 4 is 16.7 Å². The van der Waals surface area contributed by atoms with Crippen LogP contribution < -0.4 is 5.32 Å². The number of Topliss-reactive ketones (excluding diaryl/α,β-unsaturated/α-hetero) is 1. The second-order valence-electron chi connectivity index (χ2n) is 4.42. The molecule has 2 heterocycles. The molecule has 1 fully saturated rings. The minimum atomic E-state index is -0.103. The van der Waals surface area contributed by atoms with Gasteiger partial charge in [-0.3, -0.25) is 4.79 Å². The van der Waals surface area contributed by atoms with Crippen molar-refractivity contribution in [2.75, 3.05) is 6.54 Å². The fourth-order valence-electron chi connectivity index (χ4n) is 2.46. The molecule has 1 aromatic heterocycles. The SMILES string of the molecule is CC.O=C(c1c[nH]c2cccc(O)c12)C1CCCN1. The van der Waals surface area contributed by atoms with Gasteiger partial charge in [0, 0.05) is 17.3 Å². The highest BCUT2D eigenvalue weighted by atomic mass is 16.3. The van der Waals surface area contributed by atoms with Crippen molar-refractivity contribution in [1.29, 1.82) is 0 Å². The van der Waals surface area contributed by atoms with Gasteiger partial charge in [0.05, 0.1) is 11.4 Å². The molecule has 1 unspecified atom stereocenters. The maximum absolute atomic E-state index is 12.3. The van der Waals surface area contributed by atoms with Gasteiger partial charge in [-0.1, -0.05) is 19.9 Å². The average Bonchev–Trinajstić information content (AvgIpc) is 3.10. The Hall–Kier alpha value is -1.81. The van der Waals surface area contributed by atoms with Gasteiger partial charge in [0.2, 0.25) is 0 Å². The molecule has 0 bridgehead atoms. The lowest BCUT2D eigenvalue weighted by Gasteiger charge is -2.08. The fraction of sp³-hybridized carbons (Fsp3) is 0.400. The maximum atomic E-state index is 12.3. The molecule has 19 heavy (non-hydrogen) atoms. The first-order valence-corrected chi connectivity index (χ1v) is 6.84. The number of aromatic hydroxyl groups is 1. The highest BCUT2D eigenvalue weighted by Gasteiger charge is 2.25. The second-order valence-corrected chi connectivity index (χ2v) is 4.42. The van der Waals surface area contributed by atoms with Crippen LogP contribution in [0.5, 0.6) is 5.75 Å². The van der Waals surface area contributed by atoms with Gasteiger partial charge in [-0.15, -0.1) is 0 Å². The topological polar surface area (TPSA) is 65.1 Å². The van der Waals surface area contributed by atoms with Crippen LogP contribution in [0.25, 0.3) is 10.9 Å². The van der Waals surface area contributed by atoms with E-state index in [0.29, 0.717) is 10.9 Å². The molecule has 3 N–H and O–H groups in total. The van der Waals surface area contributed by atoms with Crippen LogP contribution in [0, 0.1) is 0 Å². The summed E-state index contributed by atoms with van der Waals surface area (Å²) in [6.07, 6.45) is 3.59. The Morgan fingerprint density at radius 1 is 1.37 bits per heavy atom. The molecular weight excluding hydrogens is 240 g/mol. The zero-order valence-corrected chi connectivity index (χ0v) is 11.4. The van der Waals surface area contributed by atoms with Gasteiger partial charge < -0.3 is 15.4 Å². The number of hydrogen-bond donors (Lipinski definition) is 3. The van der Waals surface area contributed by atoms with Crippen LogP contribution in [-0.2, 0) is 0 Å². The van der Waals surface area contributed by atoms with Crippen LogP contribution in [0.1, 0.15) is 37.0 Å². The van der Waals surface area contributed by atoms with Gasteiger partial charge in [0.25, 0.3) is 0 Å². The summed E-state index contributed by atoms with van der Waals surface area (Å²) < 4.78 is 0. The summed E-state index contributed by atoms with van der Waals surface area (Å²) in [6, 6.07) is 5.12. The number of aromatic nitrogens is 1. The van der Waals surface area contributed by atoms with Crippen molar-refractivity contribution < 1.29 is 9.90 Å². The Kier molecular flexibility index (Phi) is 4.22. The molecule has 0 aliphatic carbocycles. The third-order valence-electron chi connectivity index (χ3n) is 3.33. The number of aromatic amines is 1.